The topological polar surface area (TPSA) is 105 Å². The standard InChI is InChI=1S/C27H34ClN3O6S/c1-3-38(34,35)31(22-12-13-24-25(16-22)37-15-14-36-24)18-26(32)30(17-20-8-4-7-11-23(20)28)19(2)27(33)29-21-9-5-6-10-21/h4,7-8,11-13,16,19,21H,3,5-6,9-10,14-15,17-18H2,1-2H3,(H,29,33)/t19-/m1/s1. The van der Waals surface area contributed by atoms with E-state index in [0.717, 1.165) is 30.0 Å². The zero-order valence-corrected chi connectivity index (χ0v) is 23.3. The van der Waals surface area contributed by atoms with Crippen LogP contribution in [-0.2, 0) is 26.2 Å². The van der Waals surface area contributed by atoms with Crippen LogP contribution in [0.15, 0.2) is 42.5 Å². The summed E-state index contributed by atoms with van der Waals surface area (Å²) in [4.78, 5) is 28.4. The maximum atomic E-state index is 13.8. The van der Waals surface area contributed by atoms with Crippen LogP contribution < -0.4 is 19.1 Å². The highest BCUT2D eigenvalue weighted by atomic mass is 35.5. The number of hydrogen-bond donors (Lipinski definition) is 1. The van der Waals surface area contributed by atoms with Crippen LogP contribution in [0, 0.1) is 0 Å². The first-order valence-electron chi connectivity index (χ1n) is 12.9. The number of nitrogens with one attached hydrogen (secondary N) is 1. The van der Waals surface area contributed by atoms with Crippen molar-refractivity contribution in [3.05, 3.63) is 53.1 Å². The van der Waals surface area contributed by atoms with Gasteiger partial charge in [-0.25, -0.2) is 8.42 Å². The number of amides is 2. The van der Waals surface area contributed by atoms with E-state index in [4.69, 9.17) is 21.1 Å². The van der Waals surface area contributed by atoms with Gasteiger partial charge >= 0.3 is 0 Å². The molecule has 2 aromatic carbocycles. The van der Waals surface area contributed by atoms with Crippen LogP contribution in [-0.4, -0.2) is 62.7 Å². The minimum Gasteiger partial charge on any atom is -0.486 e. The predicted molar refractivity (Wildman–Crippen MR) is 146 cm³/mol. The summed E-state index contributed by atoms with van der Waals surface area (Å²) in [6.45, 7) is 3.49. The second-order valence-corrected chi connectivity index (χ2v) is 12.1. The Hall–Kier alpha value is -2.98. The number of anilines is 1. The zero-order chi connectivity index (χ0) is 27.3. The molecule has 2 amide bonds. The second-order valence-electron chi connectivity index (χ2n) is 9.51. The molecule has 4 rings (SSSR count). The largest absolute Gasteiger partial charge is 0.486 e. The van der Waals surface area contributed by atoms with Crippen LogP contribution in [0.1, 0.15) is 45.1 Å². The molecule has 1 fully saturated rings. The predicted octanol–water partition coefficient (Wildman–Crippen LogP) is 3.74. The van der Waals surface area contributed by atoms with Gasteiger partial charge in [0.2, 0.25) is 21.8 Å². The first kappa shape index (κ1) is 28.0. The fourth-order valence-electron chi connectivity index (χ4n) is 4.69. The Morgan fingerprint density at radius 1 is 1.08 bits per heavy atom. The molecular formula is C27H34ClN3O6S. The number of halogens is 1. The van der Waals surface area contributed by atoms with Gasteiger partial charge in [0.05, 0.1) is 11.4 Å². The molecular weight excluding hydrogens is 530 g/mol. The van der Waals surface area contributed by atoms with Crippen molar-refractivity contribution in [3.63, 3.8) is 0 Å². The fourth-order valence-corrected chi connectivity index (χ4v) is 5.94. The summed E-state index contributed by atoms with van der Waals surface area (Å²) in [5.74, 6) is -0.0864. The highest BCUT2D eigenvalue weighted by Gasteiger charge is 2.33. The number of benzene rings is 2. The number of ether oxygens (including phenoxy) is 2. The molecule has 0 bridgehead atoms. The summed E-state index contributed by atoms with van der Waals surface area (Å²) in [7, 11) is -3.85. The third-order valence-electron chi connectivity index (χ3n) is 6.96. The number of sulfonamides is 1. The van der Waals surface area contributed by atoms with E-state index in [1.165, 1.54) is 11.8 Å². The van der Waals surface area contributed by atoms with Gasteiger partial charge in [0.25, 0.3) is 0 Å². The van der Waals surface area contributed by atoms with Gasteiger partial charge < -0.3 is 19.7 Å². The lowest BCUT2D eigenvalue weighted by atomic mass is 10.1. The minimum absolute atomic E-state index is 0.0545. The van der Waals surface area contributed by atoms with E-state index in [-0.39, 0.29) is 29.9 Å². The van der Waals surface area contributed by atoms with Gasteiger partial charge in [-0.05, 0) is 50.5 Å². The second kappa shape index (κ2) is 12.3. The summed E-state index contributed by atoms with van der Waals surface area (Å²) in [5, 5.41) is 3.50. The number of carbonyl (C=O) groups is 2. The van der Waals surface area contributed by atoms with Crippen molar-refractivity contribution in [1.82, 2.24) is 10.2 Å². The zero-order valence-electron chi connectivity index (χ0n) is 21.7. The van der Waals surface area contributed by atoms with Gasteiger partial charge in [0, 0.05) is 23.7 Å². The lowest BCUT2D eigenvalue weighted by Crippen LogP contribution is -2.52. The van der Waals surface area contributed by atoms with Crippen molar-refractivity contribution in [2.45, 2.75) is 58.2 Å². The average molecular weight is 564 g/mol. The Labute approximate surface area is 229 Å². The number of nitrogens with zero attached hydrogens (tertiary/aromatic N) is 2. The molecule has 0 unspecified atom stereocenters. The Balaban J connectivity index is 1.63. The molecule has 1 aliphatic heterocycles. The van der Waals surface area contributed by atoms with Gasteiger partial charge in [0.1, 0.15) is 25.8 Å². The first-order chi connectivity index (χ1) is 18.2. The van der Waals surface area contributed by atoms with Crippen molar-refractivity contribution in [3.8, 4) is 11.5 Å². The van der Waals surface area contributed by atoms with E-state index < -0.39 is 28.5 Å². The summed E-state index contributed by atoms with van der Waals surface area (Å²) in [6, 6.07) is 11.1. The molecule has 0 spiro atoms. The van der Waals surface area contributed by atoms with Crippen LogP contribution in [0.5, 0.6) is 11.5 Å². The van der Waals surface area contributed by atoms with E-state index in [1.54, 1.807) is 49.4 Å². The molecule has 1 saturated carbocycles. The quantitative estimate of drug-likeness (QED) is 0.472. The molecule has 2 aromatic rings. The van der Waals surface area contributed by atoms with Gasteiger partial charge in [-0.1, -0.05) is 42.6 Å². The molecule has 206 valence electrons. The maximum Gasteiger partial charge on any atom is 0.244 e. The van der Waals surface area contributed by atoms with Gasteiger partial charge in [-0.2, -0.15) is 0 Å². The van der Waals surface area contributed by atoms with Gasteiger partial charge in [-0.3, -0.25) is 13.9 Å². The summed E-state index contributed by atoms with van der Waals surface area (Å²) in [6.07, 6.45) is 3.93. The molecule has 2 aliphatic rings. The maximum absolute atomic E-state index is 13.8. The number of fused-ring (bicyclic) bond motifs is 1. The molecule has 1 N–H and O–H groups in total. The molecule has 9 nitrogen and oxygen atoms in total. The third-order valence-corrected chi connectivity index (χ3v) is 9.07. The molecule has 0 radical (unpaired) electrons. The summed E-state index contributed by atoms with van der Waals surface area (Å²) >= 11 is 6.39. The normalized spacial score (nSPS) is 16.1. The van der Waals surface area contributed by atoms with Crippen molar-refractivity contribution >= 4 is 39.1 Å². The third kappa shape index (κ3) is 6.53. The first-order valence-corrected chi connectivity index (χ1v) is 14.9. The fraction of sp³-hybridized carbons (Fsp3) is 0.481. The van der Waals surface area contributed by atoms with Crippen molar-refractivity contribution in [2.75, 3.05) is 29.8 Å². The monoisotopic (exact) mass is 563 g/mol. The highest BCUT2D eigenvalue weighted by molar-refractivity contribution is 7.92. The van der Waals surface area contributed by atoms with Gasteiger partial charge in [0.15, 0.2) is 11.5 Å². The molecule has 11 heteroatoms. The lowest BCUT2D eigenvalue weighted by molar-refractivity contribution is -0.139. The number of carbonyl (C=O) groups excluding carboxylic acids is 2. The van der Waals surface area contributed by atoms with E-state index in [0.29, 0.717) is 35.3 Å². The average Bonchev–Trinajstić information content (AvgIpc) is 3.43. The molecule has 1 atom stereocenters. The van der Waals surface area contributed by atoms with E-state index in [9.17, 15) is 18.0 Å². The highest BCUT2D eigenvalue weighted by Crippen LogP contribution is 2.35. The SMILES string of the molecule is CCS(=O)(=O)N(CC(=O)N(Cc1ccccc1Cl)[C@H](C)C(=O)NC1CCCC1)c1ccc2c(c1)OCCO2. The van der Waals surface area contributed by atoms with E-state index >= 15 is 0 Å². The van der Waals surface area contributed by atoms with E-state index in [2.05, 4.69) is 5.32 Å². The van der Waals surface area contributed by atoms with Crippen LogP contribution in [0.2, 0.25) is 5.02 Å². The minimum atomic E-state index is -3.85. The molecule has 38 heavy (non-hydrogen) atoms. The summed E-state index contributed by atoms with van der Waals surface area (Å²) in [5.41, 5.74) is 0.942. The van der Waals surface area contributed by atoms with E-state index in [1.807, 2.05) is 0 Å². The Morgan fingerprint density at radius 2 is 1.76 bits per heavy atom. The lowest BCUT2D eigenvalue weighted by Gasteiger charge is -2.32. The molecule has 1 aliphatic carbocycles. The van der Waals surface area contributed by atoms with Crippen molar-refractivity contribution in [2.24, 2.45) is 0 Å². The summed E-state index contributed by atoms with van der Waals surface area (Å²) < 4.78 is 38.6. The Morgan fingerprint density at radius 3 is 2.45 bits per heavy atom. The number of rotatable bonds is 10. The van der Waals surface area contributed by atoms with Crippen LogP contribution in [0.25, 0.3) is 0 Å². The van der Waals surface area contributed by atoms with Crippen molar-refractivity contribution in [1.29, 1.82) is 0 Å². The van der Waals surface area contributed by atoms with Crippen LogP contribution in [0.3, 0.4) is 0 Å². The molecule has 0 saturated heterocycles. The Kier molecular flexibility index (Phi) is 9.04. The van der Waals surface area contributed by atoms with Crippen LogP contribution in [0.4, 0.5) is 5.69 Å². The Bertz CT molecular complexity index is 1270. The molecule has 0 aromatic heterocycles. The number of hydrogen-bond acceptors (Lipinski definition) is 6. The van der Waals surface area contributed by atoms with Crippen molar-refractivity contribution < 1.29 is 27.5 Å². The van der Waals surface area contributed by atoms with Crippen LogP contribution >= 0.6 is 11.6 Å². The smallest absolute Gasteiger partial charge is 0.244 e. The van der Waals surface area contributed by atoms with Gasteiger partial charge in [-0.15, -0.1) is 0 Å². The molecule has 1 heterocycles.